The molecule has 4 rings (SSSR count). The lowest BCUT2D eigenvalue weighted by molar-refractivity contribution is -0.384. The van der Waals surface area contributed by atoms with Crippen LogP contribution in [-0.2, 0) is 0 Å². The highest BCUT2D eigenvalue weighted by molar-refractivity contribution is 7.80. The molecule has 11 heteroatoms. The number of fused-ring (bicyclic) bond motifs is 1. The van der Waals surface area contributed by atoms with E-state index < -0.39 is 10.8 Å². The van der Waals surface area contributed by atoms with Crippen molar-refractivity contribution >= 4 is 55.6 Å². The van der Waals surface area contributed by atoms with Gasteiger partial charge in [-0.05, 0) is 49.5 Å². The van der Waals surface area contributed by atoms with Gasteiger partial charge in [-0.15, -0.1) is 0 Å². The Bertz CT molecular complexity index is 1330. The number of nitro groups is 1. The molecule has 2 aromatic heterocycles. The topological polar surface area (TPSA) is 120 Å². The van der Waals surface area contributed by atoms with Crippen LogP contribution in [0.2, 0.25) is 0 Å². The third-order valence-corrected chi connectivity index (χ3v) is 5.43. The molecule has 2 heterocycles. The normalized spacial score (nSPS) is 10.7. The molecule has 2 N–H and O–H groups in total. The smallest absolute Gasteiger partial charge is 0.293 e. The molecule has 2 aromatic carbocycles. The van der Waals surface area contributed by atoms with Gasteiger partial charge in [0.1, 0.15) is 11.5 Å². The maximum Gasteiger partial charge on any atom is 0.293 e. The lowest BCUT2D eigenvalue weighted by Crippen LogP contribution is -2.33. The summed E-state index contributed by atoms with van der Waals surface area (Å²) in [5, 5.41) is 17.0. The molecule has 0 saturated carbocycles. The van der Waals surface area contributed by atoms with E-state index in [0.29, 0.717) is 23.1 Å². The van der Waals surface area contributed by atoms with Crippen LogP contribution in [0.15, 0.2) is 59.0 Å². The number of nitrogens with one attached hydrogen (secondary N) is 2. The molecule has 0 bridgehead atoms. The average Bonchev–Trinajstić information content (AvgIpc) is 3.40. The minimum atomic E-state index is -0.557. The molecule has 0 spiro atoms. The number of nitro benzene ring substituents is 1. The van der Waals surface area contributed by atoms with Crippen LogP contribution >= 0.6 is 23.6 Å². The van der Waals surface area contributed by atoms with Gasteiger partial charge in [0.2, 0.25) is 0 Å². The molecule has 0 unspecified atom stereocenters. The quantitative estimate of drug-likeness (QED) is 0.231. The highest BCUT2D eigenvalue weighted by atomic mass is 32.1. The van der Waals surface area contributed by atoms with Crippen molar-refractivity contribution in [3.8, 4) is 17.1 Å². The van der Waals surface area contributed by atoms with E-state index in [1.165, 1.54) is 29.5 Å². The van der Waals surface area contributed by atoms with Crippen LogP contribution in [0.1, 0.15) is 17.5 Å². The number of carbonyl (C=O) groups excluding carboxylic acids is 1. The number of rotatable bonds is 6. The van der Waals surface area contributed by atoms with Crippen LogP contribution in [0.5, 0.6) is 5.75 Å². The van der Waals surface area contributed by atoms with Gasteiger partial charge in [0.25, 0.3) is 11.6 Å². The first-order valence-electron chi connectivity index (χ1n) is 9.43. The monoisotopic (exact) mass is 468 g/mol. The summed E-state index contributed by atoms with van der Waals surface area (Å²) in [7, 11) is 0. The van der Waals surface area contributed by atoms with E-state index in [1.807, 2.05) is 25.1 Å². The third-order valence-electron chi connectivity index (χ3n) is 4.29. The Morgan fingerprint density at radius 1 is 1.25 bits per heavy atom. The first-order valence-corrected chi connectivity index (χ1v) is 10.7. The number of ether oxygens (including phenoxy) is 1. The van der Waals surface area contributed by atoms with E-state index in [4.69, 9.17) is 21.4 Å². The van der Waals surface area contributed by atoms with Crippen molar-refractivity contribution in [2.24, 2.45) is 0 Å². The van der Waals surface area contributed by atoms with Gasteiger partial charge in [0, 0.05) is 17.7 Å². The minimum absolute atomic E-state index is 0.0151. The Morgan fingerprint density at radius 3 is 2.88 bits per heavy atom. The zero-order valence-electron chi connectivity index (χ0n) is 16.7. The number of hydrogen-bond acceptors (Lipinski definition) is 8. The minimum Gasteiger partial charge on any atom is -0.494 e. The third kappa shape index (κ3) is 4.74. The summed E-state index contributed by atoms with van der Waals surface area (Å²) < 4.78 is 12.0. The Kier molecular flexibility index (Phi) is 6.10. The van der Waals surface area contributed by atoms with Crippen molar-refractivity contribution in [3.05, 3.63) is 70.5 Å². The number of aromatic nitrogens is 1. The van der Waals surface area contributed by atoms with Crippen molar-refractivity contribution < 1.29 is 18.9 Å². The maximum absolute atomic E-state index is 12.5. The molecule has 1 amide bonds. The van der Waals surface area contributed by atoms with Crippen LogP contribution in [0.4, 0.5) is 10.8 Å². The Balaban J connectivity index is 1.42. The van der Waals surface area contributed by atoms with E-state index in [-0.39, 0.29) is 16.6 Å². The molecule has 0 saturated heterocycles. The van der Waals surface area contributed by atoms with Crippen LogP contribution in [0.3, 0.4) is 0 Å². The van der Waals surface area contributed by atoms with Gasteiger partial charge in [-0.1, -0.05) is 23.5 Å². The van der Waals surface area contributed by atoms with Gasteiger partial charge in [-0.3, -0.25) is 20.2 Å². The van der Waals surface area contributed by atoms with Crippen molar-refractivity contribution in [1.82, 2.24) is 10.3 Å². The van der Waals surface area contributed by atoms with Crippen LogP contribution < -0.4 is 15.4 Å². The predicted molar refractivity (Wildman–Crippen MR) is 125 cm³/mol. The van der Waals surface area contributed by atoms with E-state index in [9.17, 15) is 14.9 Å². The van der Waals surface area contributed by atoms with E-state index >= 15 is 0 Å². The summed E-state index contributed by atoms with van der Waals surface area (Å²) in [5.74, 6) is 0.540. The number of anilines is 1. The molecule has 4 aromatic rings. The molecule has 9 nitrogen and oxygen atoms in total. The summed E-state index contributed by atoms with van der Waals surface area (Å²) in [4.78, 5) is 27.4. The highest BCUT2D eigenvalue weighted by Gasteiger charge is 2.16. The van der Waals surface area contributed by atoms with Crippen molar-refractivity contribution in [2.75, 3.05) is 11.9 Å². The number of nitrogens with zero attached hydrogens (tertiary/aromatic N) is 2. The molecule has 32 heavy (non-hydrogen) atoms. The van der Waals surface area contributed by atoms with E-state index in [2.05, 4.69) is 15.6 Å². The van der Waals surface area contributed by atoms with Gasteiger partial charge in [0.15, 0.2) is 16.0 Å². The number of hydrogen-bond donors (Lipinski definition) is 2. The summed E-state index contributed by atoms with van der Waals surface area (Å²) in [6.45, 7) is 2.48. The van der Waals surface area contributed by atoms with Crippen molar-refractivity contribution in [3.63, 3.8) is 0 Å². The van der Waals surface area contributed by atoms with Gasteiger partial charge >= 0.3 is 0 Å². The van der Waals surface area contributed by atoms with Gasteiger partial charge in [0.05, 0.1) is 21.7 Å². The molecule has 0 aliphatic rings. The Morgan fingerprint density at radius 2 is 2.09 bits per heavy atom. The van der Waals surface area contributed by atoms with Crippen LogP contribution in [0.25, 0.3) is 21.5 Å². The zero-order chi connectivity index (χ0) is 22.7. The average molecular weight is 469 g/mol. The second-order valence-electron chi connectivity index (χ2n) is 6.46. The number of thiocarbonyl (C=S) groups is 1. The largest absolute Gasteiger partial charge is 0.494 e. The summed E-state index contributed by atoms with van der Waals surface area (Å²) in [6.07, 6.45) is 0. The van der Waals surface area contributed by atoms with Crippen molar-refractivity contribution in [1.29, 1.82) is 0 Å². The molecular formula is C21H16N4O5S2. The van der Waals surface area contributed by atoms with Crippen molar-refractivity contribution in [2.45, 2.75) is 6.92 Å². The van der Waals surface area contributed by atoms with Gasteiger partial charge < -0.3 is 14.5 Å². The molecule has 0 aliphatic heterocycles. The predicted octanol–water partition coefficient (Wildman–Crippen LogP) is 4.99. The SMILES string of the molecule is CCOc1ccc2nc(NC(=S)NC(=O)c3ccc(-c4cccc([N+](=O)[O-])c4)o3)sc2c1. The molecule has 0 atom stereocenters. The Labute approximate surface area is 191 Å². The van der Waals surface area contributed by atoms with Crippen LogP contribution in [0, 0.1) is 10.1 Å². The lowest BCUT2D eigenvalue weighted by atomic mass is 10.1. The Hall–Kier alpha value is -3.83. The van der Waals surface area contributed by atoms with E-state index in [1.54, 1.807) is 18.2 Å². The molecule has 162 valence electrons. The highest BCUT2D eigenvalue weighted by Crippen LogP contribution is 2.29. The summed E-state index contributed by atoms with van der Waals surface area (Å²) in [5.41, 5.74) is 1.20. The lowest BCUT2D eigenvalue weighted by Gasteiger charge is -2.05. The fourth-order valence-electron chi connectivity index (χ4n) is 2.90. The number of thiazole rings is 1. The van der Waals surface area contributed by atoms with Crippen LogP contribution in [-0.4, -0.2) is 27.5 Å². The molecule has 0 aliphatic carbocycles. The fraction of sp³-hybridized carbons (Fsp3) is 0.0952. The molecular weight excluding hydrogens is 452 g/mol. The zero-order valence-corrected chi connectivity index (χ0v) is 18.3. The molecule has 0 fully saturated rings. The number of benzene rings is 2. The summed E-state index contributed by atoms with van der Waals surface area (Å²) >= 11 is 6.59. The number of non-ortho nitro benzene ring substituents is 1. The standard InChI is InChI=1S/C21H16N4O5S2/c1-2-29-14-6-7-15-18(11-14)32-21(22-15)24-20(31)23-19(26)17-9-8-16(30-17)12-4-3-5-13(10-12)25(27)28/h3-11H,2H2,1H3,(H2,22,23,24,26,31). The maximum atomic E-state index is 12.5. The number of carbonyl (C=O) groups is 1. The second kappa shape index (κ2) is 9.12. The summed E-state index contributed by atoms with van der Waals surface area (Å²) in [6, 6.07) is 14.6. The number of furan rings is 1. The van der Waals surface area contributed by atoms with Gasteiger partial charge in [-0.25, -0.2) is 4.98 Å². The number of amides is 1. The molecule has 0 radical (unpaired) electrons. The van der Waals surface area contributed by atoms with Gasteiger partial charge in [-0.2, -0.15) is 0 Å². The first-order chi connectivity index (χ1) is 15.4. The second-order valence-corrected chi connectivity index (χ2v) is 7.90. The van der Waals surface area contributed by atoms with E-state index in [0.717, 1.165) is 16.0 Å². The fourth-order valence-corrected chi connectivity index (χ4v) is 4.05. The first kappa shape index (κ1) is 21.4.